The second-order valence-electron chi connectivity index (χ2n) is 4.82. The van der Waals surface area contributed by atoms with Gasteiger partial charge in [0.15, 0.2) is 0 Å². The van der Waals surface area contributed by atoms with Crippen LogP contribution in [0.15, 0.2) is 0 Å². The molecule has 0 bridgehead atoms. The normalized spacial score (nSPS) is 16.6. The zero-order chi connectivity index (χ0) is 13.4. The van der Waals surface area contributed by atoms with Crippen molar-refractivity contribution in [2.75, 3.05) is 19.6 Å². The highest BCUT2D eigenvalue weighted by Crippen LogP contribution is 2.16. The molecule has 0 aromatic heterocycles. The molecule has 1 aliphatic carbocycles. The Labute approximate surface area is 109 Å². The Kier molecular flexibility index (Phi) is 6.72. The zero-order valence-corrected chi connectivity index (χ0v) is 11.5. The molecule has 2 N–H and O–H groups in total. The first kappa shape index (κ1) is 15.0. The van der Waals surface area contributed by atoms with Crippen molar-refractivity contribution in [2.45, 2.75) is 52.0 Å². The van der Waals surface area contributed by atoms with Gasteiger partial charge in [-0.1, -0.05) is 33.1 Å². The summed E-state index contributed by atoms with van der Waals surface area (Å²) in [5.41, 5.74) is 0. The first-order valence-corrected chi connectivity index (χ1v) is 6.98. The summed E-state index contributed by atoms with van der Waals surface area (Å²) in [6, 6.07) is -0.112. The van der Waals surface area contributed by atoms with Crippen LogP contribution in [0.2, 0.25) is 0 Å². The van der Waals surface area contributed by atoms with Gasteiger partial charge in [0, 0.05) is 6.04 Å². The molecule has 0 aliphatic heterocycles. The lowest BCUT2D eigenvalue weighted by Crippen LogP contribution is -2.48. The molecule has 5 heteroatoms. The third-order valence-corrected chi connectivity index (χ3v) is 3.45. The van der Waals surface area contributed by atoms with Crippen molar-refractivity contribution in [3.8, 4) is 0 Å². The molecule has 1 saturated carbocycles. The second-order valence-corrected chi connectivity index (χ2v) is 4.82. The maximum absolute atomic E-state index is 11.6. The van der Waals surface area contributed by atoms with E-state index in [1.54, 1.807) is 0 Å². The van der Waals surface area contributed by atoms with Gasteiger partial charge in [0.05, 0.1) is 6.54 Å². The highest BCUT2D eigenvalue weighted by molar-refractivity contribution is 5.95. The summed E-state index contributed by atoms with van der Waals surface area (Å²) in [6.07, 6.45) is 5.63. The molecule has 1 rings (SSSR count). The summed E-state index contributed by atoms with van der Waals surface area (Å²) in [5.74, 6) is -0.230. The number of carbonyl (C=O) groups excluding carboxylic acids is 2. The van der Waals surface area contributed by atoms with Crippen LogP contribution in [0.3, 0.4) is 0 Å². The van der Waals surface area contributed by atoms with Crippen LogP contribution in [0, 0.1) is 0 Å². The van der Waals surface area contributed by atoms with Crippen LogP contribution in [0.4, 0.5) is 4.79 Å². The lowest BCUT2D eigenvalue weighted by Gasteiger charge is -2.23. The molecule has 18 heavy (non-hydrogen) atoms. The molecule has 1 aliphatic rings. The Hall–Kier alpha value is -1.10. The maximum atomic E-state index is 11.6. The lowest BCUT2D eigenvalue weighted by molar-refractivity contribution is -0.121. The van der Waals surface area contributed by atoms with Crippen LogP contribution in [0.5, 0.6) is 0 Å². The highest BCUT2D eigenvalue weighted by atomic mass is 16.2. The average Bonchev–Trinajstić information content (AvgIpc) is 2.36. The van der Waals surface area contributed by atoms with Gasteiger partial charge < -0.3 is 5.32 Å². The number of hydrogen-bond donors (Lipinski definition) is 2. The highest BCUT2D eigenvalue weighted by Gasteiger charge is 2.17. The number of nitrogens with zero attached hydrogens (tertiary/aromatic N) is 1. The van der Waals surface area contributed by atoms with E-state index >= 15 is 0 Å². The second kappa shape index (κ2) is 8.08. The van der Waals surface area contributed by atoms with E-state index in [1.807, 2.05) is 18.7 Å². The molecule has 0 radical (unpaired) electrons. The molecule has 5 nitrogen and oxygen atoms in total. The van der Waals surface area contributed by atoms with Crippen LogP contribution >= 0.6 is 0 Å². The minimum absolute atomic E-state index is 0.230. The van der Waals surface area contributed by atoms with Gasteiger partial charge in [0.2, 0.25) is 5.91 Å². The van der Waals surface area contributed by atoms with E-state index in [0.717, 1.165) is 25.9 Å². The molecule has 1 fully saturated rings. The van der Waals surface area contributed by atoms with Crippen LogP contribution < -0.4 is 10.6 Å². The number of hydrogen-bond acceptors (Lipinski definition) is 3. The molecule has 0 saturated heterocycles. The fraction of sp³-hybridized carbons (Fsp3) is 0.846. The molecule has 0 spiro atoms. The SMILES string of the molecule is CCN(CC)CC(=O)NC(=O)NC1CCCCC1. The minimum Gasteiger partial charge on any atom is -0.335 e. The van der Waals surface area contributed by atoms with Crippen LogP contribution in [-0.2, 0) is 4.79 Å². The smallest absolute Gasteiger partial charge is 0.321 e. The average molecular weight is 255 g/mol. The number of amides is 3. The van der Waals surface area contributed by atoms with Gasteiger partial charge in [-0.05, 0) is 25.9 Å². The molecule has 104 valence electrons. The zero-order valence-electron chi connectivity index (χ0n) is 11.5. The summed E-state index contributed by atoms with van der Waals surface area (Å²) >= 11 is 0. The largest absolute Gasteiger partial charge is 0.335 e. The number of nitrogens with one attached hydrogen (secondary N) is 2. The topological polar surface area (TPSA) is 61.4 Å². The molecule has 0 aromatic rings. The molecule has 0 unspecified atom stereocenters. The maximum Gasteiger partial charge on any atom is 0.321 e. The van der Waals surface area contributed by atoms with Crippen molar-refractivity contribution < 1.29 is 9.59 Å². The first-order chi connectivity index (χ1) is 8.65. The number of likely N-dealkylation sites (N-methyl/N-ethyl adjacent to an activating group) is 1. The Morgan fingerprint density at radius 3 is 2.28 bits per heavy atom. The van der Waals surface area contributed by atoms with E-state index in [4.69, 9.17) is 0 Å². The Morgan fingerprint density at radius 1 is 1.11 bits per heavy atom. The van der Waals surface area contributed by atoms with E-state index in [0.29, 0.717) is 0 Å². The standard InChI is InChI=1S/C13H25N3O2/c1-3-16(4-2)10-12(17)15-13(18)14-11-8-6-5-7-9-11/h11H,3-10H2,1-2H3,(H2,14,15,17,18). The molecule has 0 atom stereocenters. The van der Waals surface area contributed by atoms with Crippen molar-refractivity contribution >= 4 is 11.9 Å². The van der Waals surface area contributed by atoms with E-state index in [9.17, 15) is 9.59 Å². The predicted octanol–water partition coefficient (Wildman–Crippen LogP) is 1.49. The number of urea groups is 1. The molecule has 0 heterocycles. The summed E-state index contributed by atoms with van der Waals surface area (Å²) in [7, 11) is 0. The van der Waals surface area contributed by atoms with Crippen LogP contribution in [0.25, 0.3) is 0 Å². The summed E-state index contributed by atoms with van der Waals surface area (Å²) in [4.78, 5) is 25.2. The van der Waals surface area contributed by atoms with E-state index in [1.165, 1.54) is 19.3 Å². The summed E-state index contributed by atoms with van der Waals surface area (Å²) in [6.45, 7) is 5.91. The molecule has 3 amide bonds. The summed E-state index contributed by atoms with van der Waals surface area (Å²) < 4.78 is 0. The van der Waals surface area contributed by atoms with Crippen molar-refractivity contribution in [1.82, 2.24) is 15.5 Å². The fourth-order valence-electron chi connectivity index (χ4n) is 2.28. The lowest BCUT2D eigenvalue weighted by atomic mass is 9.96. The van der Waals surface area contributed by atoms with Gasteiger partial charge in [-0.2, -0.15) is 0 Å². The van der Waals surface area contributed by atoms with Crippen molar-refractivity contribution in [1.29, 1.82) is 0 Å². The monoisotopic (exact) mass is 255 g/mol. The van der Waals surface area contributed by atoms with Gasteiger partial charge in [-0.25, -0.2) is 4.79 Å². The molecule has 0 aromatic carbocycles. The third kappa shape index (κ3) is 5.49. The third-order valence-electron chi connectivity index (χ3n) is 3.45. The van der Waals surface area contributed by atoms with Crippen molar-refractivity contribution in [3.05, 3.63) is 0 Å². The molecular formula is C13H25N3O2. The quantitative estimate of drug-likeness (QED) is 0.782. The van der Waals surface area contributed by atoms with Crippen LogP contribution in [-0.4, -0.2) is 42.5 Å². The Bertz CT molecular complexity index is 271. The Morgan fingerprint density at radius 2 is 1.72 bits per heavy atom. The van der Waals surface area contributed by atoms with Crippen LogP contribution in [0.1, 0.15) is 46.0 Å². The minimum atomic E-state index is -0.348. The van der Waals surface area contributed by atoms with Gasteiger partial charge in [-0.3, -0.25) is 15.0 Å². The van der Waals surface area contributed by atoms with E-state index in [2.05, 4.69) is 10.6 Å². The Balaban J connectivity index is 2.24. The van der Waals surface area contributed by atoms with Crippen molar-refractivity contribution in [2.24, 2.45) is 0 Å². The van der Waals surface area contributed by atoms with E-state index in [-0.39, 0.29) is 24.5 Å². The van der Waals surface area contributed by atoms with Gasteiger partial charge >= 0.3 is 6.03 Å². The number of rotatable bonds is 5. The number of imide groups is 1. The number of carbonyl (C=O) groups is 2. The first-order valence-electron chi connectivity index (χ1n) is 6.98. The van der Waals surface area contributed by atoms with Gasteiger partial charge in [0.1, 0.15) is 0 Å². The van der Waals surface area contributed by atoms with Gasteiger partial charge in [-0.15, -0.1) is 0 Å². The predicted molar refractivity (Wildman–Crippen MR) is 71.3 cm³/mol. The van der Waals surface area contributed by atoms with E-state index < -0.39 is 0 Å². The van der Waals surface area contributed by atoms with Crippen molar-refractivity contribution in [3.63, 3.8) is 0 Å². The fourth-order valence-corrected chi connectivity index (χ4v) is 2.28. The van der Waals surface area contributed by atoms with Gasteiger partial charge in [0.25, 0.3) is 0 Å². The molecular weight excluding hydrogens is 230 g/mol. The summed E-state index contributed by atoms with van der Waals surface area (Å²) in [5, 5.41) is 5.27.